The van der Waals surface area contributed by atoms with Crippen molar-refractivity contribution in [2.24, 2.45) is 5.92 Å². The summed E-state index contributed by atoms with van der Waals surface area (Å²) in [7, 11) is 1.51. The van der Waals surface area contributed by atoms with Crippen molar-refractivity contribution in [2.45, 2.75) is 42.2 Å². The Morgan fingerprint density at radius 1 is 1.39 bits per heavy atom. The lowest BCUT2D eigenvalue weighted by atomic mass is 9.76. The van der Waals surface area contributed by atoms with Crippen molar-refractivity contribution < 1.29 is 9.53 Å². The van der Waals surface area contributed by atoms with Crippen molar-refractivity contribution in [3.8, 4) is 0 Å². The highest BCUT2D eigenvalue weighted by Crippen LogP contribution is 2.47. The third kappa shape index (κ3) is 3.07. The molecule has 2 aliphatic heterocycles. The summed E-state index contributed by atoms with van der Waals surface area (Å²) in [5, 5.41) is 0. The molecule has 0 N–H and O–H groups in total. The van der Waals surface area contributed by atoms with E-state index in [2.05, 4.69) is 42.0 Å². The maximum absolute atomic E-state index is 12.5. The monoisotopic (exact) mass is 331 g/mol. The van der Waals surface area contributed by atoms with Crippen LogP contribution in [0, 0.1) is 5.92 Å². The standard InChI is InChI=1S/C19H25NO2S/c1-4-11-20-14-7-10-17(20)18(19(21)22-2)16(12-14)13-5-8-15(23-3)9-6-13/h4-6,8-9,14,16-18H,1,7,10-12H2,2-3H3/t14?,16-,17?,18+/m1/s1. The first-order chi connectivity index (χ1) is 11.2. The van der Waals surface area contributed by atoms with Gasteiger partial charge in [0.2, 0.25) is 0 Å². The quantitative estimate of drug-likeness (QED) is 0.467. The van der Waals surface area contributed by atoms with E-state index in [1.54, 1.807) is 11.8 Å². The number of piperidine rings is 1. The molecule has 23 heavy (non-hydrogen) atoms. The van der Waals surface area contributed by atoms with Gasteiger partial charge in [0.1, 0.15) is 0 Å². The van der Waals surface area contributed by atoms with Crippen LogP contribution in [-0.4, -0.2) is 42.9 Å². The van der Waals surface area contributed by atoms with Gasteiger partial charge < -0.3 is 4.74 Å². The highest BCUT2D eigenvalue weighted by Gasteiger charge is 2.50. The minimum atomic E-state index is -0.0705. The number of hydrogen-bond acceptors (Lipinski definition) is 4. The minimum absolute atomic E-state index is 0.0663. The van der Waals surface area contributed by atoms with Gasteiger partial charge in [-0.3, -0.25) is 9.69 Å². The fourth-order valence-corrected chi connectivity index (χ4v) is 4.81. The molecule has 2 saturated heterocycles. The Labute approximate surface area is 143 Å². The molecule has 4 atom stereocenters. The second-order valence-electron chi connectivity index (χ2n) is 6.45. The number of esters is 1. The topological polar surface area (TPSA) is 29.5 Å². The largest absolute Gasteiger partial charge is 0.469 e. The lowest BCUT2D eigenvalue weighted by molar-refractivity contribution is -0.150. The Morgan fingerprint density at radius 3 is 2.74 bits per heavy atom. The maximum atomic E-state index is 12.5. The van der Waals surface area contributed by atoms with Crippen LogP contribution in [0.25, 0.3) is 0 Å². The van der Waals surface area contributed by atoms with Crippen molar-refractivity contribution in [1.82, 2.24) is 4.90 Å². The zero-order valence-corrected chi connectivity index (χ0v) is 14.7. The van der Waals surface area contributed by atoms with Gasteiger partial charge in [-0.15, -0.1) is 18.3 Å². The van der Waals surface area contributed by atoms with Gasteiger partial charge in [0, 0.05) is 29.4 Å². The summed E-state index contributed by atoms with van der Waals surface area (Å²) in [6.45, 7) is 4.74. The molecule has 2 bridgehead atoms. The van der Waals surface area contributed by atoms with Crippen LogP contribution in [0.1, 0.15) is 30.7 Å². The van der Waals surface area contributed by atoms with Crippen LogP contribution in [0.2, 0.25) is 0 Å². The zero-order valence-electron chi connectivity index (χ0n) is 13.9. The average Bonchev–Trinajstić information content (AvgIpc) is 2.86. The van der Waals surface area contributed by atoms with E-state index in [9.17, 15) is 4.79 Å². The lowest BCUT2D eigenvalue weighted by Gasteiger charge is -2.43. The molecule has 0 aliphatic carbocycles. The first kappa shape index (κ1) is 16.6. The summed E-state index contributed by atoms with van der Waals surface area (Å²) < 4.78 is 5.17. The van der Waals surface area contributed by atoms with E-state index in [0.717, 1.165) is 19.4 Å². The molecular weight excluding hydrogens is 306 g/mol. The van der Waals surface area contributed by atoms with Gasteiger partial charge in [-0.2, -0.15) is 0 Å². The minimum Gasteiger partial charge on any atom is -0.469 e. The third-order valence-corrected chi connectivity index (χ3v) is 6.17. The first-order valence-corrected chi connectivity index (χ1v) is 9.50. The molecule has 0 aromatic heterocycles. The molecule has 1 aromatic carbocycles. The summed E-state index contributed by atoms with van der Waals surface area (Å²) in [5.41, 5.74) is 1.27. The average molecular weight is 331 g/mol. The SMILES string of the molecule is C=CCN1C2CCC1[C@@H](C(=O)OC)[C@@H](c1ccc(SC)cc1)C2. The van der Waals surface area contributed by atoms with Crippen molar-refractivity contribution in [3.05, 3.63) is 42.5 Å². The van der Waals surface area contributed by atoms with Gasteiger partial charge in [0.15, 0.2) is 0 Å². The first-order valence-electron chi connectivity index (χ1n) is 8.28. The molecule has 0 amide bonds. The van der Waals surface area contributed by atoms with Gasteiger partial charge >= 0.3 is 5.97 Å². The van der Waals surface area contributed by atoms with Crippen LogP contribution < -0.4 is 0 Å². The van der Waals surface area contributed by atoms with E-state index in [0.29, 0.717) is 6.04 Å². The number of rotatable bonds is 5. The molecule has 124 valence electrons. The fraction of sp³-hybridized carbons (Fsp3) is 0.526. The molecule has 3 nitrogen and oxygen atoms in total. The van der Waals surface area contributed by atoms with Gasteiger partial charge in [0.25, 0.3) is 0 Å². The van der Waals surface area contributed by atoms with E-state index in [1.165, 1.54) is 24.0 Å². The Kier molecular flexibility index (Phi) is 5.12. The Bertz CT molecular complexity index is 571. The molecule has 3 rings (SSSR count). The van der Waals surface area contributed by atoms with Gasteiger partial charge in [-0.05, 0) is 43.2 Å². The van der Waals surface area contributed by atoms with E-state index in [-0.39, 0.29) is 23.8 Å². The molecule has 0 saturated carbocycles. The Morgan fingerprint density at radius 2 is 2.13 bits per heavy atom. The Hall–Kier alpha value is -1.26. The van der Waals surface area contributed by atoms with Crippen LogP contribution in [0.4, 0.5) is 0 Å². The van der Waals surface area contributed by atoms with Crippen molar-refractivity contribution in [2.75, 3.05) is 19.9 Å². The van der Waals surface area contributed by atoms with Crippen LogP contribution in [-0.2, 0) is 9.53 Å². The van der Waals surface area contributed by atoms with Crippen molar-refractivity contribution in [1.29, 1.82) is 0 Å². The highest BCUT2D eigenvalue weighted by molar-refractivity contribution is 7.98. The second kappa shape index (κ2) is 7.10. The molecule has 2 fully saturated rings. The number of nitrogens with zero attached hydrogens (tertiary/aromatic N) is 1. The molecule has 0 radical (unpaired) electrons. The van der Waals surface area contributed by atoms with Crippen LogP contribution in [0.3, 0.4) is 0 Å². The molecule has 2 aliphatic rings. The summed E-state index contributed by atoms with van der Waals surface area (Å²) >= 11 is 1.75. The van der Waals surface area contributed by atoms with E-state index >= 15 is 0 Å². The number of thioether (sulfide) groups is 1. The molecule has 4 heteroatoms. The number of carbonyl (C=O) groups excluding carboxylic acids is 1. The lowest BCUT2D eigenvalue weighted by Crippen LogP contribution is -2.50. The molecule has 1 aromatic rings. The predicted octanol–water partition coefficient (Wildman–Crippen LogP) is 3.70. The normalized spacial score (nSPS) is 30.2. The maximum Gasteiger partial charge on any atom is 0.310 e. The molecule has 2 heterocycles. The summed E-state index contributed by atoms with van der Waals surface area (Å²) in [6.07, 6.45) is 7.32. The predicted molar refractivity (Wildman–Crippen MR) is 94.8 cm³/mol. The zero-order chi connectivity index (χ0) is 16.4. The number of benzene rings is 1. The Balaban J connectivity index is 1.92. The van der Waals surface area contributed by atoms with Gasteiger partial charge in [0.05, 0.1) is 13.0 Å². The van der Waals surface area contributed by atoms with Gasteiger partial charge in [-0.1, -0.05) is 18.2 Å². The van der Waals surface area contributed by atoms with Crippen molar-refractivity contribution in [3.63, 3.8) is 0 Å². The fourth-order valence-electron chi connectivity index (χ4n) is 4.40. The summed E-state index contributed by atoms with van der Waals surface area (Å²) in [4.78, 5) is 16.3. The number of fused-ring (bicyclic) bond motifs is 2. The summed E-state index contributed by atoms with van der Waals surface area (Å²) in [6, 6.07) is 9.54. The smallest absolute Gasteiger partial charge is 0.310 e. The van der Waals surface area contributed by atoms with Crippen molar-refractivity contribution >= 4 is 17.7 Å². The summed E-state index contributed by atoms with van der Waals surface area (Å²) in [5.74, 6) is 0.124. The number of hydrogen-bond donors (Lipinski definition) is 0. The van der Waals surface area contributed by atoms with E-state index in [1.807, 2.05) is 6.08 Å². The van der Waals surface area contributed by atoms with Gasteiger partial charge in [-0.25, -0.2) is 0 Å². The molecule has 0 spiro atoms. The third-order valence-electron chi connectivity index (χ3n) is 5.42. The molecule has 2 unspecified atom stereocenters. The van der Waals surface area contributed by atoms with E-state index < -0.39 is 0 Å². The molecular formula is C19H25NO2S. The van der Waals surface area contributed by atoms with E-state index in [4.69, 9.17) is 4.74 Å². The number of methoxy groups -OCH3 is 1. The van der Waals surface area contributed by atoms with Crippen LogP contribution >= 0.6 is 11.8 Å². The number of ether oxygens (including phenoxy) is 1. The van der Waals surface area contributed by atoms with Crippen LogP contribution in [0.15, 0.2) is 41.8 Å². The second-order valence-corrected chi connectivity index (χ2v) is 7.33. The number of carbonyl (C=O) groups is 1. The highest BCUT2D eigenvalue weighted by atomic mass is 32.2. The van der Waals surface area contributed by atoms with Crippen LogP contribution in [0.5, 0.6) is 0 Å².